The Bertz CT molecular complexity index is 931. The van der Waals surface area contributed by atoms with Crippen LogP contribution in [-0.2, 0) is 6.42 Å². The summed E-state index contributed by atoms with van der Waals surface area (Å²) in [6.45, 7) is 1.28. The van der Waals surface area contributed by atoms with Crippen LogP contribution in [0.3, 0.4) is 0 Å². The first kappa shape index (κ1) is 17.3. The van der Waals surface area contributed by atoms with E-state index in [4.69, 9.17) is 4.52 Å². The van der Waals surface area contributed by atoms with Crippen LogP contribution in [0.15, 0.2) is 47.4 Å². The van der Waals surface area contributed by atoms with Gasteiger partial charge in [-0.1, -0.05) is 17.3 Å². The average molecular weight is 367 g/mol. The Morgan fingerprint density at radius 2 is 2.19 bits per heavy atom. The van der Waals surface area contributed by atoms with E-state index >= 15 is 0 Å². The van der Waals surface area contributed by atoms with E-state index in [1.807, 2.05) is 0 Å². The van der Waals surface area contributed by atoms with Crippen molar-refractivity contribution >= 4 is 5.91 Å². The highest BCUT2D eigenvalue weighted by atomic mass is 19.1. The van der Waals surface area contributed by atoms with Gasteiger partial charge in [0.15, 0.2) is 0 Å². The van der Waals surface area contributed by atoms with Crippen molar-refractivity contribution < 1.29 is 13.7 Å². The molecule has 1 fully saturated rings. The van der Waals surface area contributed by atoms with Crippen molar-refractivity contribution in [3.05, 3.63) is 60.3 Å². The standard InChI is InChI=1S/C19H18FN5O2/c20-15-6-2-1-5-14(15)18-23-17(27-24-18)10-13-4-3-9-25(12-13)19(26)16-11-21-7-8-22-16/h1-2,5-8,11,13H,3-4,9-10,12H2/t13-/m1/s1. The van der Waals surface area contributed by atoms with Crippen LogP contribution in [0.5, 0.6) is 0 Å². The highest BCUT2D eigenvalue weighted by Crippen LogP contribution is 2.24. The molecule has 3 aromatic rings. The molecule has 1 amide bonds. The van der Waals surface area contributed by atoms with Crippen LogP contribution in [0.4, 0.5) is 4.39 Å². The number of hydrogen-bond donors (Lipinski definition) is 0. The van der Waals surface area contributed by atoms with Gasteiger partial charge in [0.25, 0.3) is 5.91 Å². The fraction of sp³-hybridized carbons (Fsp3) is 0.316. The molecule has 1 atom stereocenters. The number of piperidine rings is 1. The number of carbonyl (C=O) groups excluding carboxylic acids is 1. The molecule has 0 radical (unpaired) electrons. The Kier molecular flexibility index (Phi) is 4.86. The SMILES string of the molecule is O=C(c1cnccn1)N1CCC[C@H](Cc2nc(-c3ccccc3F)no2)C1. The van der Waals surface area contributed by atoms with Crippen LogP contribution in [-0.4, -0.2) is 44.0 Å². The Hall–Kier alpha value is -3.16. The summed E-state index contributed by atoms with van der Waals surface area (Å²) in [7, 11) is 0. The number of halogens is 1. The van der Waals surface area contributed by atoms with Gasteiger partial charge >= 0.3 is 0 Å². The summed E-state index contributed by atoms with van der Waals surface area (Å²) in [6.07, 6.45) is 6.93. The molecule has 2 aromatic heterocycles. The number of rotatable bonds is 4. The lowest BCUT2D eigenvalue weighted by Crippen LogP contribution is -2.40. The van der Waals surface area contributed by atoms with Gasteiger partial charge in [0.1, 0.15) is 11.5 Å². The first-order valence-electron chi connectivity index (χ1n) is 8.83. The Morgan fingerprint density at radius 3 is 3.00 bits per heavy atom. The molecule has 4 rings (SSSR count). The fourth-order valence-corrected chi connectivity index (χ4v) is 3.32. The van der Waals surface area contributed by atoms with Crippen molar-refractivity contribution in [3.63, 3.8) is 0 Å². The van der Waals surface area contributed by atoms with E-state index in [9.17, 15) is 9.18 Å². The Balaban J connectivity index is 1.43. The van der Waals surface area contributed by atoms with Crippen LogP contribution in [0.1, 0.15) is 29.2 Å². The molecule has 138 valence electrons. The minimum absolute atomic E-state index is 0.120. The molecule has 0 aliphatic carbocycles. The predicted octanol–water partition coefficient (Wildman–Crippen LogP) is 2.76. The van der Waals surface area contributed by atoms with Gasteiger partial charge in [0, 0.05) is 31.9 Å². The molecule has 1 aliphatic heterocycles. The second kappa shape index (κ2) is 7.61. The van der Waals surface area contributed by atoms with Gasteiger partial charge < -0.3 is 9.42 Å². The summed E-state index contributed by atoms with van der Waals surface area (Å²) >= 11 is 0. The van der Waals surface area contributed by atoms with E-state index in [2.05, 4.69) is 20.1 Å². The van der Waals surface area contributed by atoms with Crippen LogP contribution < -0.4 is 0 Å². The third-order valence-electron chi connectivity index (χ3n) is 4.63. The van der Waals surface area contributed by atoms with Crippen molar-refractivity contribution in [3.8, 4) is 11.4 Å². The smallest absolute Gasteiger partial charge is 0.274 e. The lowest BCUT2D eigenvalue weighted by Gasteiger charge is -2.31. The van der Waals surface area contributed by atoms with E-state index < -0.39 is 0 Å². The molecule has 1 aliphatic rings. The summed E-state index contributed by atoms with van der Waals surface area (Å²) in [5, 5.41) is 3.89. The normalized spacial score (nSPS) is 17.1. The number of carbonyl (C=O) groups is 1. The maximum Gasteiger partial charge on any atom is 0.274 e. The van der Waals surface area contributed by atoms with Crippen molar-refractivity contribution in [2.45, 2.75) is 19.3 Å². The largest absolute Gasteiger partial charge is 0.339 e. The van der Waals surface area contributed by atoms with Crippen LogP contribution >= 0.6 is 0 Å². The summed E-state index contributed by atoms with van der Waals surface area (Å²) in [5.74, 6) is 0.389. The maximum atomic E-state index is 13.9. The quantitative estimate of drug-likeness (QED) is 0.705. The van der Waals surface area contributed by atoms with E-state index in [-0.39, 0.29) is 23.5 Å². The highest BCUT2D eigenvalue weighted by molar-refractivity contribution is 5.92. The third kappa shape index (κ3) is 3.84. The molecule has 0 bridgehead atoms. The number of nitrogens with zero attached hydrogens (tertiary/aromatic N) is 5. The number of aromatic nitrogens is 4. The third-order valence-corrected chi connectivity index (χ3v) is 4.63. The first-order valence-corrected chi connectivity index (χ1v) is 8.83. The zero-order chi connectivity index (χ0) is 18.6. The fourth-order valence-electron chi connectivity index (χ4n) is 3.32. The number of hydrogen-bond acceptors (Lipinski definition) is 6. The number of benzene rings is 1. The molecular weight excluding hydrogens is 349 g/mol. The van der Waals surface area contributed by atoms with E-state index in [0.29, 0.717) is 36.7 Å². The topological polar surface area (TPSA) is 85.0 Å². The van der Waals surface area contributed by atoms with Crippen LogP contribution in [0, 0.1) is 11.7 Å². The molecule has 0 spiro atoms. The second-order valence-corrected chi connectivity index (χ2v) is 6.55. The maximum absolute atomic E-state index is 13.9. The molecule has 3 heterocycles. The van der Waals surface area contributed by atoms with Gasteiger partial charge in [-0.15, -0.1) is 0 Å². The zero-order valence-corrected chi connectivity index (χ0v) is 14.6. The highest BCUT2D eigenvalue weighted by Gasteiger charge is 2.27. The molecule has 7 nitrogen and oxygen atoms in total. The lowest BCUT2D eigenvalue weighted by molar-refractivity contribution is 0.0661. The van der Waals surface area contributed by atoms with Gasteiger partial charge in [-0.05, 0) is 30.9 Å². The molecule has 27 heavy (non-hydrogen) atoms. The van der Waals surface area contributed by atoms with Crippen molar-refractivity contribution in [1.82, 2.24) is 25.0 Å². The number of likely N-dealkylation sites (tertiary alicyclic amines) is 1. The van der Waals surface area contributed by atoms with Gasteiger partial charge in [0.05, 0.1) is 11.8 Å². The monoisotopic (exact) mass is 367 g/mol. The van der Waals surface area contributed by atoms with Crippen LogP contribution in [0.2, 0.25) is 0 Å². The van der Waals surface area contributed by atoms with Crippen LogP contribution in [0.25, 0.3) is 11.4 Å². The summed E-state index contributed by atoms with van der Waals surface area (Å²) in [4.78, 5) is 26.7. The molecule has 1 aromatic carbocycles. The van der Waals surface area contributed by atoms with Gasteiger partial charge in [-0.3, -0.25) is 9.78 Å². The van der Waals surface area contributed by atoms with Crippen molar-refractivity contribution in [2.24, 2.45) is 5.92 Å². The molecule has 8 heteroatoms. The zero-order valence-electron chi connectivity index (χ0n) is 14.6. The lowest BCUT2D eigenvalue weighted by atomic mass is 9.94. The Morgan fingerprint density at radius 1 is 1.30 bits per heavy atom. The van der Waals surface area contributed by atoms with E-state index in [0.717, 1.165) is 12.8 Å². The van der Waals surface area contributed by atoms with Crippen molar-refractivity contribution in [2.75, 3.05) is 13.1 Å². The van der Waals surface area contributed by atoms with Crippen molar-refractivity contribution in [1.29, 1.82) is 0 Å². The molecule has 1 saturated heterocycles. The second-order valence-electron chi connectivity index (χ2n) is 6.55. The molecular formula is C19H18FN5O2. The van der Waals surface area contributed by atoms with E-state index in [1.54, 1.807) is 29.3 Å². The van der Waals surface area contributed by atoms with Gasteiger partial charge in [0.2, 0.25) is 11.7 Å². The van der Waals surface area contributed by atoms with E-state index in [1.165, 1.54) is 18.5 Å². The summed E-state index contributed by atoms with van der Waals surface area (Å²) in [5.41, 5.74) is 0.661. The van der Waals surface area contributed by atoms with Gasteiger partial charge in [-0.2, -0.15) is 4.98 Å². The molecule has 0 N–H and O–H groups in total. The average Bonchev–Trinajstić information content (AvgIpc) is 3.17. The minimum atomic E-state index is -0.386. The minimum Gasteiger partial charge on any atom is -0.339 e. The molecule has 0 saturated carbocycles. The first-order chi connectivity index (χ1) is 13.2. The summed E-state index contributed by atoms with van der Waals surface area (Å²) in [6, 6.07) is 6.32. The molecule has 0 unspecified atom stereocenters. The Labute approximate surface area is 155 Å². The van der Waals surface area contributed by atoms with Gasteiger partial charge in [-0.25, -0.2) is 9.37 Å². The summed E-state index contributed by atoms with van der Waals surface area (Å²) < 4.78 is 19.2. The predicted molar refractivity (Wildman–Crippen MR) is 94.1 cm³/mol. The number of amides is 1.